The maximum Gasteiger partial charge on any atom is 0.271 e. The van der Waals surface area contributed by atoms with Gasteiger partial charge in [-0.25, -0.2) is 4.98 Å². The number of amides is 1. The molecule has 6 heteroatoms. The van der Waals surface area contributed by atoms with E-state index in [0.717, 1.165) is 30.0 Å². The fraction of sp³-hybridized carbons (Fsp3) is 0.375. The van der Waals surface area contributed by atoms with E-state index in [4.69, 9.17) is 11.6 Å². The number of piperidine rings is 1. The molecule has 1 aromatic heterocycles. The van der Waals surface area contributed by atoms with Gasteiger partial charge in [-0.05, 0) is 32.4 Å². The lowest BCUT2D eigenvalue weighted by atomic mass is 10.00. The number of rotatable bonds is 3. The summed E-state index contributed by atoms with van der Waals surface area (Å²) in [5.41, 5.74) is 1.32. The average Bonchev–Trinajstić information content (AvgIpc) is 3.00. The normalized spacial score (nSPS) is 21.5. The van der Waals surface area contributed by atoms with Crippen molar-refractivity contribution in [2.24, 2.45) is 0 Å². The van der Waals surface area contributed by atoms with Gasteiger partial charge in [0.25, 0.3) is 5.91 Å². The Kier molecular flexibility index (Phi) is 4.76. The van der Waals surface area contributed by atoms with Crippen molar-refractivity contribution >= 4 is 28.8 Å². The molecule has 1 fully saturated rings. The first kappa shape index (κ1) is 15.5. The van der Waals surface area contributed by atoms with E-state index in [9.17, 15) is 4.79 Å². The van der Waals surface area contributed by atoms with Crippen LogP contribution in [0.3, 0.4) is 0 Å². The first-order valence-corrected chi connectivity index (χ1v) is 8.65. The maximum absolute atomic E-state index is 12.4. The Bertz CT molecular complexity index is 673. The Morgan fingerprint density at radius 1 is 1.45 bits per heavy atom. The van der Waals surface area contributed by atoms with E-state index < -0.39 is 0 Å². The fourth-order valence-corrected chi connectivity index (χ4v) is 3.74. The molecule has 116 valence electrons. The quantitative estimate of drug-likeness (QED) is 0.904. The van der Waals surface area contributed by atoms with Crippen LogP contribution in [0.15, 0.2) is 29.6 Å². The van der Waals surface area contributed by atoms with E-state index in [1.54, 1.807) is 5.38 Å². The third kappa shape index (κ3) is 3.32. The highest BCUT2D eigenvalue weighted by atomic mass is 35.5. The predicted octanol–water partition coefficient (Wildman–Crippen LogP) is 3.33. The lowest BCUT2D eigenvalue weighted by molar-refractivity contribution is 0.0915. The Hall–Kier alpha value is -1.43. The summed E-state index contributed by atoms with van der Waals surface area (Å²) in [5, 5.41) is 9.65. The van der Waals surface area contributed by atoms with Crippen molar-refractivity contribution in [2.45, 2.75) is 31.8 Å². The molecule has 0 saturated carbocycles. The van der Waals surface area contributed by atoms with E-state index in [2.05, 4.69) is 22.5 Å². The van der Waals surface area contributed by atoms with Crippen LogP contribution in [0.25, 0.3) is 10.6 Å². The molecule has 3 rings (SSSR count). The minimum absolute atomic E-state index is 0.116. The van der Waals surface area contributed by atoms with Crippen LogP contribution in [0.1, 0.15) is 30.3 Å². The van der Waals surface area contributed by atoms with Crippen LogP contribution in [-0.2, 0) is 0 Å². The number of hydrogen-bond acceptors (Lipinski definition) is 4. The van der Waals surface area contributed by atoms with Gasteiger partial charge in [0, 0.05) is 23.0 Å². The zero-order valence-electron chi connectivity index (χ0n) is 12.3. The van der Waals surface area contributed by atoms with Crippen molar-refractivity contribution in [3.8, 4) is 10.6 Å². The average molecular weight is 336 g/mol. The topological polar surface area (TPSA) is 54.0 Å². The maximum atomic E-state index is 12.4. The minimum Gasteiger partial charge on any atom is -0.346 e. The number of benzene rings is 1. The molecule has 1 aliphatic rings. The van der Waals surface area contributed by atoms with E-state index >= 15 is 0 Å². The third-order valence-corrected chi connectivity index (χ3v) is 5.12. The Morgan fingerprint density at radius 3 is 3.05 bits per heavy atom. The lowest BCUT2D eigenvalue weighted by Crippen LogP contribution is -2.51. The zero-order chi connectivity index (χ0) is 15.5. The molecular formula is C16H18ClN3OS. The van der Waals surface area contributed by atoms with Gasteiger partial charge in [-0.1, -0.05) is 29.8 Å². The highest BCUT2D eigenvalue weighted by molar-refractivity contribution is 7.13. The number of nitrogens with one attached hydrogen (secondary N) is 2. The van der Waals surface area contributed by atoms with Crippen molar-refractivity contribution in [2.75, 3.05) is 6.54 Å². The van der Waals surface area contributed by atoms with Crippen LogP contribution in [0, 0.1) is 0 Å². The number of thiazole rings is 1. The summed E-state index contributed by atoms with van der Waals surface area (Å²) in [4.78, 5) is 16.8. The first-order chi connectivity index (χ1) is 10.6. The molecule has 22 heavy (non-hydrogen) atoms. The first-order valence-electron chi connectivity index (χ1n) is 7.40. The molecule has 0 radical (unpaired) electrons. The highest BCUT2D eigenvalue weighted by Gasteiger charge is 2.24. The predicted molar refractivity (Wildman–Crippen MR) is 90.5 cm³/mol. The van der Waals surface area contributed by atoms with Gasteiger partial charge in [0.15, 0.2) is 0 Å². The summed E-state index contributed by atoms with van der Waals surface area (Å²) in [7, 11) is 0. The molecule has 0 aliphatic carbocycles. The molecule has 2 heterocycles. The molecule has 4 nitrogen and oxygen atoms in total. The van der Waals surface area contributed by atoms with Gasteiger partial charge in [0.05, 0.1) is 5.02 Å². The van der Waals surface area contributed by atoms with Crippen molar-refractivity contribution in [3.05, 3.63) is 40.4 Å². The second-order valence-electron chi connectivity index (χ2n) is 5.48. The second kappa shape index (κ2) is 6.77. The van der Waals surface area contributed by atoms with E-state index in [1.165, 1.54) is 11.3 Å². The molecule has 0 bridgehead atoms. The summed E-state index contributed by atoms with van der Waals surface area (Å²) in [5.74, 6) is -0.116. The highest BCUT2D eigenvalue weighted by Crippen LogP contribution is 2.30. The minimum atomic E-state index is -0.116. The smallest absolute Gasteiger partial charge is 0.271 e. The van der Waals surface area contributed by atoms with Gasteiger partial charge in [-0.2, -0.15) is 0 Å². The summed E-state index contributed by atoms with van der Waals surface area (Å²) in [6.45, 7) is 3.11. The largest absolute Gasteiger partial charge is 0.346 e. The molecule has 1 aliphatic heterocycles. The summed E-state index contributed by atoms with van der Waals surface area (Å²) in [6.07, 6.45) is 2.08. The van der Waals surface area contributed by atoms with Crippen LogP contribution in [0.2, 0.25) is 5.02 Å². The number of aromatic nitrogens is 1. The van der Waals surface area contributed by atoms with Gasteiger partial charge in [-0.3, -0.25) is 4.79 Å². The standard InChI is InChI=1S/C16H18ClN3OS/c1-10-13(7-4-8-18-10)19-15(21)14-9-22-16(20-14)11-5-2-3-6-12(11)17/h2-3,5-6,9-10,13,18H,4,7-8H2,1H3,(H,19,21). The van der Waals surface area contributed by atoms with Crippen LogP contribution in [0.4, 0.5) is 0 Å². The molecule has 1 aromatic carbocycles. The van der Waals surface area contributed by atoms with Gasteiger partial charge in [-0.15, -0.1) is 11.3 Å². The van der Waals surface area contributed by atoms with E-state index in [-0.39, 0.29) is 11.9 Å². The summed E-state index contributed by atoms with van der Waals surface area (Å²) >= 11 is 7.62. The molecule has 2 atom stereocenters. The molecule has 2 aromatic rings. The summed E-state index contributed by atoms with van der Waals surface area (Å²) < 4.78 is 0. The fourth-order valence-electron chi connectivity index (χ4n) is 2.62. The third-order valence-electron chi connectivity index (χ3n) is 3.92. The Labute approximate surface area is 138 Å². The summed E-state index contributed by atoms with van der Waals surface area (Å²) in [6, 6.07) is 7.98. The van der Waals surface area contributed by atoms with Gasteiger partial charge in [0.2, 0.25) is 0 Å². The van der Waals surface area contributed by atoms with Gasteiger partial charge < -0.3 is 10.6 Å². The SMILES string of the molecule is CC1NCCCC1NC(=O)c1csc(-c2ccccc2Cl)n1. The number of halogens is 1. The molecule has 1 amide bonds. The number of nitrogens with zero attached hydrogens (tertiary/aromatic N) is 1. The van der Waals surface area contributed by atoms with Crippen LogP contribution >= 0.6 is 22.9 Å². The molecule has 2 unspecified atom stereocenters. The lowest BCUT2D eigenvalue weighted by Gasteiger charge is -2.30. The number of hydrogen-bond donors (Lipinski definition) is 2. The number of carbonyl (C=O) groups excluding carboxylic acids is 1. The van der Waals surface area contributed by atoms with Gasteiger partial charge >= 0.3 is 0 Å². The molecular weight excluding hydrogens is 318 g/mol. The zero-order valence-corrected chi connectivity index (χ0v) is 13.9. The molecule has 2 N–H and O–H groups in total. The molecule has 0 spiro atoms. The monoisotopic (exact) mass is 335 g/mol. The molecule has 1 saturated heterocycles. The Morgan fingerprint density at radius 2 is 2.27 bits per heavy atom. The van der Waals surface area contributed by atoms with Crippen molar-refractivity contribution in [1.29, 1.82) is 0 Å². The van der Waals surface area contributed by atoms with Crippen molar-refractivity contribution in [3.63, 3.8) is 0 Å². The van der Waals surface area contributed by atoms with Crippen molar-refractivity contribution in [1.82, 2.24) is 15.6 Å². The van der Waals surface area contributed by atoms with E-state index in [1.807, 2.05) is 24.3 Å². The van der Waals surface area contributed by atoms with Crippen LogP contribution < -0.4 is 10.6 Å². The van der Waals surface area contributed by atoms with Crippen molar-refractivity contribution < 1.29 is 4.79 Å². The number of carbonyl (C=O) groups is 1. The van der Waals surface area contributed by atoms with E-state index in [0.29, 0.717) is 16.8 Å². The van der Waals surface area contributed by atoms with Crippen LogP contribution in [-0.4, -0.2) is 29.5 Å². The Balaban J connectivity index is 1.73. The van der Waals surface area contributed by atoms with Crippen LogP contribution in [0.5, 0.6) is 0 Å². The van der Waals surface area contributed by atoms with Gasteiger partial charge in [0.1, 0.15) is 10.7 Å². The second-order valence-corrected chi connectivity index (χ2v) is 6.75.